The van der Waals surface area contributed by atoms with Crippen LogP contribution >= 0.6 is 0 Å². The van der Waals surface area contributed by atoms with Crippen LogP contribution in [0.15, 0.2) is 51.9 Å². The van der Waals surface area contributed by atoms with Gasteiger partial charge in [-0.05, 0) is 24.3 Å². The van der Waals surface area contributed by atoms with Crippen molar-refractivity contribution in [3.05, 3.63) is 64.4 Å². The monoisotopic (exact) mass is 444 g/mol. The molecule has 2 N–H and O–H groups in total. The largest absolute Gasteiger partial charge is 0.417 e. The van der Waals surface area contributed by atoms with Gasteiger partial charge in [-0.1, -0.05) is 6.07 Å². The molecule has 0 bridgehead atoms. The van der Waals surface area contributed by atoms with Gasteiger partial charge in [-0.2, -0.15) is 18.3 Å². The summed E-state index contributed by atoms with van der Waals surface area (Å²) < 4.78 is 43.4. The van der Waals surface area contributed by atoms with Crippen LogP contribution in [0.2, 0.25) is 0 Å². The molecule has 4 heterocycles. The molecule has 0 spiro atoms. The second kappa shape index (κ2) is 7.83. The predicted octanol–water partition coefficient (Wildman–Crippen LogP) is 3.25. The summed E-state index contributed by atoms with van der Waals surface area (Å²) >= 11 is 0. The highest BCUT2D eigenvalue weighted by Crippen LogP contribution is 2.30. The third kappa shape index (κ3) is 3.98. The molecule has 5 rings (SSSR count). The highest BCUT2D eigenvalue weighted by molar-refractivity contribution is 5.79. The van der Waals surface area contributed by atoms with E-state index in [1.165, 1.54) is 6.07 Å². The van der Waals surface area contributed by atoms with Crippen LogP contribution in [0.4, 0.5) is 19.0 Å². The van der Waals surface area contributed by atoms with Gasteiger partial charge in [0.1, 0.15) is 5.82 Å². The number of oxazole rings is 1. The van der Waals surface area contributed by atoms with Gasteiger partial charge in [0.15, 0.2) is 5.58 Å². The summed E-state index contributed by atoms with van der Waals surface area (Å²) in [5.41, 5.74) is 3.08. The van der Waals surface area contributed by atoms with Crippen molar-refractivity contribution in [1.82, 2.24) is 25.1 Å². The molecular weight excluding hydrogens is 425 g/mol. The van der Waals surface area contributed by atoms with Crippen LogP contribution in [-0.4, -0.2) is 51.2 Å². The molecule has 1 aliphatic heterocycles. The lowest BCUT2D eigenvalue weighted by atomic mass is 10.1. The van der Waals surface area contributed by atoms with Crippen molar-refractivity contribution >= 4 is 16.9 Å². The van der Waals surface area contributed by atoms with Gasteiger partial charge in [-0.15, -0.1) is 0 Å². The Morgan fingerprint density at radius 2 is 1.88 bits per heavy atom. The van der Waals surface area contributed by atoms with Crippen LogP contribution in [-0.2, 0) is 12.7 Å². The number of fused-ring (bicyclic) bond motifs is 1. The molecule has 0 saturated carbocycles. The van der Waals surface area contributed by atoms with E-state index in [0.717, 1.165) is 42.2 Å². The number of alkyl halides is 3. The van der Waals surface area contributed by atoms with Gasteiger partial charge < -0.3 is 9.32 Å². The number of nitrogens with one attached hydrogen (secondary N) is 2. The third-order valence-electron chi connectivity index (χ3n) is 5.59. The number of benzene rings is 1. The van der Waals surface area contributed by atoms with Crippen molar-refractivity contribution in [2.45, 2.75) is 12.7 Å². The van der Waals surface area contributed by atoms with Gasteiger partial charge in [-0.3, -0.25) is 15.0 Å². The van der Waals surface area contributed by atoms with Crippen LogP contribution in [0.25, 0.3) is 22.4 Å². The molecule has 0 unspecified atom stereocenters. The molecule has 1 aliphatic rings. The average Bonchev–Trinajstić information content (AvgIpc) is 3.38. The maximum absolute atomic E-state index is 12.7. The van der Waals surface area contributed by atoms with Crippen LogP contribution in [0, 0.1) is 0 Å². The molecule has 0 amide bonds. The predicted molar refractivity (Wildman–Crippen MR) is 111 cm³/mol. The number of H-pyrrole nitrogens is 2. The molecule has 4 aromatic rings. The summed E-state index contributed by atoms with van der Waals surface area (Å²) in [7, 11) is 0. The minimum atomic E-state index is -4.39. The lowest BCUT2D eigenvalue weighted by Gasteiger charge is -2.35. The van der Waals surface area contributed by atoms with Gasteiger partial charge in [0.2, 0.25) is 0 Å². The van der Waals surface area contributed by atoms with Crippen molar-refractivity contribution < 1.29 is 17.6 Å². The molecule has 3 aromatic heterocycles. The maximum atomic E-state index is 12.7. The molecule has 166 valence electrons. The normalized spacial score (nSPS) is 15.5. The molecule has 1 saturated heterocycles. The second-order valence-electron chi connectivity index (χ2n) is 7.66. The van der Waals surface area contributed by atoms with Gasteiger partial charge in [-0.25, -0.2) is 9.78 Å². The zero-order chi connectivity index (χ0) is 22.3. The zero-order valence-corrected chi connectivity index (χ0v) is 16.8. The van der Waals surface area contributed by atoms with E-state index in [2.05, 4.69) is 25.1 Å². The Kier molecular flexibility index (Phi) is 4.97. The average molecular weight is 444 g/mol. The summed E-state index contributed by atoms with van der Waals surface area (Å²) in [5, 5.41) is 7.19. The Labute approximate surface area is 179 Å². The summed E-state index contributed by atoms with van der Waals surface area (Å²) in [4.78, 5) is 22.2. The Hall–Kier alpha value is -3.60. The Morgan fingerprint density at radius 3 is 2.59 bits per heavy atom. The first-order chi connectivity index (χ1) is 15.4. The van der Waals surface area contributed by atoms with Crippen LogP contribution in [0.5, 0.6) is 0 Å². The van der Waals surface area contributed by atoms with Crippen LogP contribution in [0.3, 0.4) is 0 Å². The minimum absolute atomic E-state index is 0.478. The molecule has 11 heteroatoms. The molecule has 1 aromatic carbocycles. The number of halogens is 3. The molecule has 0 radical (unpaired) electrons. The number of aromatic nitrogens is 4. The van der Waals surface area contributed by atoms with Crippen molar-refractivity contribution in [2.24, 2.45) is 0 Å². The number of rotatable bonds is 4. The van der Waals surface area contributed by atoms with E-state index in [1.54, 1.807) is 18.3 Å². The third-order valence-corrected chi connectivity index (χ3v) is 5.59. The number of nitrogens with zero attached hydrogens (tertiary/aromatic N) is 4. The van der Waals surface area contributed by atoms with Crippen molar-refractivity contribution in [3.63, 3.8) is 0 Å². The molecule has 0 aliphatic carbocycles. The van der Waals surface area contributed by atoms with Gasteiger partial charge in [0.05, 0.1) is 23.0 Å². The van der Waals surface area contributed by atoms with Gasteiger partial charge >= 0.3 is 11.9 Å². The summed E-state index contributed by atoms with van der Waals surface area (Å²) in [6, 6.07) is 7.95. The molecule has 1 fully saturated rings. The first kappa shape index (κ1) is 20.3. The highest BCUT2D eigenvalue weighted by atomic mass is 19.4. The van der Waals surface area contributed by atoms with Crippen molar-refractivity contribution in [3.8, 4) is 11.3 Å². The summed E-state index contributed by atoms with van der Waals surface area (Å²) in [5.74, 6) is 0.0466. The smallest absolute Gasteiger partial charge is 0.408 e. The number of hydrogen-bond acceptors (Lipinski definition) is 6. The van der Waals surface area contributed by atoms with Crippen LogP contribution in [0.1, 0.15) is 11.1 Å². The van der Waals surface area contributed by atoms with E-state index in [1.807, 2.05) is 11.0 Å². The summed E-state index contributed by atoms with van der Waals surface area (Å²) in [6.07, 6.45) is -1.73. The number of piperazine rings is 1. The number of anilines is 1. The standard InChI is InChI=1S/C21H19F3N6O2/c22-21(23,24)15-2-4-18(25-11-15)30-7-5-29(6-8-30)12-14-10-26-28-19(14)13-1-3-16-17(9-13)32-20(31)27-16/h1-4,9-11H,5-8,12H2,(H,26,28)(H,27,31). The highest BCUT2D eigenvalue weighted by Gasteiger charge is 2.31. The second-order valence-corrected chi connectivity index (χ2v) is 7.66. The molecule has 32 heavy (non-hydrogen) atoms. The molecular formula is C21H19F3N6O2. The van der Waals surface area contributed by atoms with Crippen LogP contribution < -0.4 is 10.7 Å². The molecule has 8 nitrogen and oxygen atoms in total. The fourth-order valence-corrected chi connectivity index (χ4v) is 3.90. The van der Waals surface area contributed by atoms with E-state index < -0.39 is 17.5 Å². The van der Waals surface area contributed by atoms with E-state index in [9.17, 15) is 18.0 Å². The summed E-state index contributed by atoms with van der Waals surface area (Å²) in [6.45, 7) is 3.45. The Bertz CT molecular complexity index is 1280. The Morgan fingerprint density at radius 1 is 1.06 bits per heavy atom. The quantitative estimate of drug-likeness (QED) is 0.502. The van der Waals surface area contributed by atoms with Gasteiger partial charge in [0, 0.05) is 50.0 Å². The topological polar surface area (TPSA) is 94.0 Å². The van der Waals surface area contributed by atoms with Gasteiger partial charge in [0.25, 0.3) is 0 Å². The Balaban J connectivity index is 1.25. The fraction of sp³-hybridized carbons (Fsp3) is 0.286. The van der Waals surface area contributed by atoms with Crippen molar-refractivity contribution in [2.75, 3.05) is 31.1 Å². The van der Waals surface area contributed by atoms with Crippen molar-refractivity contribution in [1.29, 1.82) is 0 Å². The lowest BCUT2D eigenvalue weighted by Crippen LogP contribution is -2.46. The molecule has 0 atom stereocenters. The fourth-order valence-electron chi connectivity index (χ4n) is 3.90. The number of hydrogen-bond donors (Lipinski definition) is 2. The zero-order valence-electron chi connectivity index (χ0n) is 16.8. The lowest BCUT2D eigenvalue weighted by molar-refractivity contribution is -0.137. The van der Waals surface area contributed by atoms with E-state index in [4.69, 9.17) is 4.42 Å². The SMILES string of the molecule is O=c1[nH]c2ccc(-c3[nH]ncc3CN3CCN(c4ccc(C(F)(F)F)cn4)CC3)cc2o1. The number of aromatic amines is 2. The first-order valence-electron chi connectivity index (χ1n) is 10.0. The first-order valence-corrected chi connectivity index (χ1v) is 10.0. The number of pyridine rings is 1. The minimum Gasteiger partial charge on any atom is -0.408 e. The van der Waals surface area contributed by atoms with E-state index in [0.29, 0.717) is 36.6 Å². The van der Waals surface area contributed by atoms with E-state index in [-0.39, 0.29) is 0 Å². The maximum Gasteiger partial charge on any atom is 0.417 e. The van der Waals surface area contributed by atoms with E-state index >= 15 is 0 Å².